The first-order valence-corrected chi connectivity index (χ1v) is 11.9. The summed E-state index contributed by atoms with van der Waals surface area (Å²) in [6.07, 6.45) is 1.83. The van der Waals surface area contributed by atoms with Crippen LogP contribution in [0.4, 0.5) is 0 Å². The predicted octanol–water partition coefficient (Wildman–Crippen LogP) is 4.74. The Hall–Kier alpha value is -3.74. The summed E-state index contributed by atoms with van der Waals surface area (Å²) in [6, 6.07) is 13.5. The summed E-state index contributed by atoms with van der Waals surface area (Å²) in [5.41, 5.74) is 4.40. The number of para-hydroxylation sites is 1. The number of carbonyl (C=O) groups excluding carboxylic acids is 2. The molecule has 0 saturated heterocycles. The molecule has 7 heteroatoms. The molecule has 2 heterocycles. The Morgan fingerprint density at radius 3 is 2.71 bits per heavy atom. The van der Waals surface area contributed by atoms with E-state index in [1.54, 1.807) is 0 Å². The topological polar surface area (TPSA) is 83.1 Å². The van der Waals surface area contributed by atoms with Gasteiger partial charge in [-0.3, -0.25) is 4.79 Å². The molecule has 0 unspecified atom stereocenters. The van der Waals surface area contributed by atoms with Crippen molar-refractivity contribution in [3.63, 3.8) is 0 Å². The highest BCUT2D eigenvalue weighted by atomic mass is 16.7. The molecule has 0 bridgehead atoms. The van der Waals surface area contributed by atoms with Gasteiger partial charge in [0.2, 0.25) is 6.79 Å². The second-order valence-electron chi connectivity index (χ2n) is 9.01. The molecular weight excluding hydrogens is 446 g/mol. The maximum Gasteiger partial charge on any atom is 0.336 e. The number of ketones is 1. The van der Waals surface area contributed by atoms with E-state index in [9.17, 15) is 9.59 Å². The average Bonchev–Trinajstić information content (AvgIpc) is 3.34. The van der Waals surface area contributed by atoms with Crippen molar-refractivity contribution in [2.45, 2.75) is 44.9 Å². The van der Waals surface area contributed by atoms with Crippen LogP contribution in [-0.4, -0.2) is 32.3 Å². The first-order valence-electron chi connectivity index (χ1n) is 11.9. The van der Waals surface area contributed by atoms with E-state index < -0.39 is 11.9 Å². The number of carbonyl (C=O) groups is 2. The van der Waals surface area contributed by atoms with Gasteiger partial charge in [0.05, 0.1) is 25.2 Å². The van der Waals surface area contributed by atoms with Crippen LogP contribution in [0.25, 0.3) is 0 Å². The Bertz CT molecular complexity index is 1240. The molecule has 3 aliphatic rings. The van der Waals surface area contributed by atoms with Gasteiger partial charge in [-0.25, -0.2) is 4.79 Å². The number of allylic oxidation sites excluding steroid dienone is 3. The Morgan fingerprint density at radius 1 is 1.11 bits per heavy atom. The molecule has 0 amide bonds. The molecule has 182 valence electrons. The third kappa shape index (κ3) is 4.16. The summed E-state index contributed by atoms with van der Waals surface area (Å²) < 4.78 is 22.2. The van der Waals surface area contributed by atoms with Gasteiger partial charge in [0.25, 0.3) is 0 Å². The monoisotopic (exact) mass is 475 g/mol. The Balaban J connectivity index is 1.57. The summed E-state index contributed by atoms with van der Waals surface area (Å²) in [4.78, 5) is 26.7. The van der Waals surface area contributed by atoms with Crippen molar-refractivity contribution < 1.29 is 28.5 Å². The minimum atomic E-state index is -0.558. The minimum Gasteiger partial charge on any atom is -0.493 e. The van der Waals surface area contributed by atoms with Crippen LogP contribution < -0.4 is 19.5 Å². The van der Waals surface area contributed by atoms with Gasteiger partial charge in [0.15, 0.2) is 17.3 Å². The van der Waals surface area contributed by atoms with Crippen molar-refractivity contribution >= 4 is 11.8 Å². The van der Waals surface area contributed by atoms with Crippen molar-refractivity contribution in [3.8, 4) is 17.2 Å². The van der Waals surface area contributed by atoms with E-state index in [4.69, 9.17) is 18.9 Å². The molecule has 1 N–H and O–H groups in total. The molecule has 2 atom stereocenters. The number of Topliss-reactive ketones (excluding diaryl/α,β-unsaturated/α-hetero) is 1. The van der Waals surface area contributed by atoms with Crippen LogP contribution in [0.5, 0.6) is 17.2 Å². The first-order chi connectivity index (χ1) is 17.0. The highest BCUT2D eigenvalue weighted by molar-refractivity contribution is 6.04. The lowest BCUT2D eigenvalue weighted by Gasteiger charge is -2.37. The van der Waals surface area contributed by atoms with Crippen molar-refractivity contribution in [1.29, 1.82) is 0 Å². The third-order valence-electron chi connectivity index (χ3n) is 6.79. The van der Waals surface area contributed by atoms with Crippen molar-refractivity contribution in [2.24, 2.45) is 0 Å². The predicted molar refractivity (Wildman–Crippen MR) is 129 cm³/mol. The number of nitrogens with one attached hydrogen (secondary N) is 1. The van der Waals surface area contributed by atoms with E-state index in [0.717, 1.165) is 29.0 Å². The molecule has 2 aromatic rings. The van der Waals surface area contributed by atoms with Gasteiger partial charge >= 0.3 is 5.97 Å². The fourth-order valence-corrected chi connectivity index (χ4v) is 5.20. The average molecular weight is 476 g/mol. The van der Waals surface area contributed by atoms with Gasteiger partial charge in [-0.05, 0) is 49.4 Å². The van der Waals surface area contributed by atoms with Crippen molar-refractivity contribution in [2.75, 3.05) is 20.5 Å². The fourth-order valence-electron chi connectivity index (χ4n) is 5.20. The van der Waals surface area contributed by atoms with Gasteiger partial charge in [-0.15, -0.1) is 0 Å². The number of benzene rings is 2. The van der Waals surface area contributed by atoms with Crippen LogP contribution in [0.2, 0.25) is 0 Å². The van der Waals surface area contributed by atoms with Gasteiger partial charge in [0, 0.05) is 29.0 Å². The largest absolute Gasteiger partial charge is 0.493 e. The van der Waals surface area contributed by atoms with Crippen LogP contribution in [-0.2, 0) is 14.3 Å². The summed E-state index contributed by atoms with van der Waals surface area (Å²) >= 11 is 0. The van der Waals surface area contributed by atoms with E-state index in [0.29, 0.717) is 47.8 Å². The SMILES string of the molecule is CCCOc1ccccc1[C@@H]1C(C(=O)OC)=C(C)NC2=C1C(=O)C[C@@H](c1ccc3c(c1)OCO3)C2. The van der Waals surface area contributed by atoms with Crippen LogP contribution in [0.15, 0.2) is 65.0 Å². The number of fused-ring (bicyclic) bond motifs is 1. The molecule has 2 aliphatic heterocycles. The van der Waals surface area contributed by atoms with Crippen LogP contribution in [0.3, 0.4) is 0 Å². The fraction of sp³-hybridized carbons (Fsp3) is 0.357. The van der Waals surface area contributed by atoms with Gasteiger partial charge in [-0.2, -0.15) is 0 Å². The Morgan fingerprint density at radius 2 is 1.91 bits per heavy atom. The molecule has 0 aromatic heterocycles. The molecular formula is C28H29NO6. The molecule has 1 aliphatic carbocycles. The maximum absolute atomic E-state index is 13.7. The smallest absolute Gasteiger partial charge is 0.336 e. The van der Waals surface area contributed by atoms with E-state index in [1.807, 2.05) is 56.3 Å². The van der Waals surface area contributed by atoms with Crippen LogP contribution in [0.1, 0.15) is 56.1 Å². The van der Waals surface area contributed by atoms with Crippen LogP contribution >= 0.6 is 0 Å². The number of hydrogen-bond acceptors (Lipinski definition) is 7. The number of ether oxygens (including phenoxy) is 4. The lowest BCUT2D eigenvalue weighted by atomic mass is 9.71. The summed E-state index contributed by atoms with van der Waals surface area (Å²) in [7, 11) is 1.36. The van der Waals surface area contributed by atoms with E-state index in [1.165, 1.54) is 7.11 Å². The van der Waals surface area contributed by atoms with Crippen LogP contribution in [0, 0.1) is 0 Å². The number of methoxy groups -OCH3 is 1. The minimum absolute atomic E-state index is 0.00520. The molecule has 0 saturated carbocycles. The Kier molecular flexibility index (Phi) is 6.24. The third-order valence-corrected chi connectivity index (χ3v) is 6.79. The lowest BCUT2D eigenvalue weighted by molar-refractivity contribution is -0.136. The summed E-state index contributed by atoms with van der Waals surface area (Å²) in [6.45, 7) is 4.65. The molecule has 5 rings (SSSR count). The van der Waals surface area contributed by atoms with Crippen molar-refractivity contribution in [1.82, 2.24) is 5.32 Å². The quantitative estimate of drug-likeness (QED) is 0.605. The normalized spacial score (nSPS) is 20.9. The van der Waals surface area contributed by atoms with E-state index >= 15 is 0 Å². The molecule has 0 spiro atoms. The zero-order valence-electron chi connectivity index (χ0n) is 20.2. The Labute approximate surface area is 204 Å². The van der Waals surface area contributed by atoms with Gasteiger partial charge in [0.1, 0.15) is 5.75 Å². The molecule has 7 nitrogen and oxygen atoms in total. The zero-order chi connectivity index (χ0) is 24.5. The lowest BCUT2D eigenvalue weighted by Crippen LogP contribution is -2.36. The molecule has 0 fully saturated rings. The highest BCUT2D eigenvalue weighted by Gasteiger charge is 2.42. The van der Waals surface area contributed by atoms with E-state index in [2.05, 4.69) is 5.32 Å². The number of hydrogen-bond donors (Lipinski definition) is 1. The number of dihydropyridines is 1. The van der Waals surface area contributed by atoms with Gasteiger partial charge in [-0.1, -0.05) is 31.2 Å². The number of esters is 1. The van der Waals surface area contributed by atoms with Gasteiger partial charge < -0.3 is 24.3 Å². The molecule has 35 heavy (non-hydrogen) atoms. The zero-order valence-corrected chi connectivity index (χ0v) is 20.2. The second-order valence-corrected chi connectivity index (χ2v) is 9.01. The second kappa shape index (κ2) is 9.49. The number of rotatable bonds is 6. The van der Waals surface area contributed by atoms with Crippen molar-refractivity contribution in [3.05, 3.63) is 76.1 Å². The standard InChI is InChI=1S/C28H29NO6/c1-4-11-33-22-8-6-5-7-19(22)26-25(28(31)32-3)16(2)29-20-12-18(13-21(30)27(20)26)17-9-10-23-24(14-17)35-15-34-23/h5-10,14,18,26,29H,4,11-13,15H2,1-3H3/t18-,26+/m0/s1. The first kappa shape index (κ1) is 23.0. The van der Waals surface area contributed by atoms with E-state index in [-0.39, 0.29) is 18.5 Å². The molecule has 0 radical (unpaired) electrons. The summed E-state index contributed by atoms with van der Waals surface area (Å²) in [5, 5.41) is 3.37. The summed E-state index contributed by atoms with van der Waals surface area (Å²) in [5.74, 6) is 1.08. The highest BCUT2D eigenvalue weighted by Crippen LogP contribution is 2.48. The molecule has 2 aromatic carbocycles. The maximum atomic E-state index is 13.7.